The number of rotatable bonds is 6. The quantitative estimate of drug-likeness (QED) is 0.389. The first kappa shape index (κ1) is 22.0. The third-order valence-corrected chi connectivity index (χ3v) is 6.22. The van der Waals surface area contributed by atoms with E-state index < -0.39 is 42.1 Å². The van der Waals surface area contributed by atoms with Gasteiger partial charge in [-0.15, -0.1) is 11.3 Å². The van der Waals surface area contributed by atoms with Crippen LogP contribution in [0.1, 0.15) is 48.7 Å². The Bertz CT molecular complexity index is 941. The maximum Gasteiger partial charge on any atom is 0.358 e. The van der Waals surface area contributed by atoms with E-state index in [2.05, 4.69) is 0 Å². The summed E-state index contributed by atoms with van der Waals surface area (Å²) in [6, 6.07) is 2.82. The van der Waals surface area contributed by atoms with E-state index in [0.29, 0.717) is 21.7 Å². The van der Waals surface area contributed by atoms with Gasteiger partial charge in [-0.25, -0.2) is 4.79 Å². The molecule has 30 heavy (non-hydrogen) atoms. The molecule has 1 aromatic heterocycles. The molecule has 0 bridgehead atoms. The van der Waals surface area contributed by atoms with Crippen molar-refractivity contribution in [1.29, 1.82) is 0 Å². The van der Waals surface area contributed by atoms with E-state index in [-0.39, 0.29) is 17.6 Å². The number of carbonyl (C=O) groups is 4. The number of ether oxygens (including phenoxy) is 2. The monoisotopic (exact) mass is 436 g/mol. The zero-order chi connectivity index (χ0) is 22.4. The van der Waals surface area contributed by atoms with E-state index in [9.17, 15) is 24.3 Å². The number of fused-ring (bicyclic) bond motifs is 1. The second kappa shape index (κ2) is 7.84. The SMILES string of the molecule is C[C@@H](O)[C@H]1C(=O)N2C(C(=O)OCOC(=O)C(C)(C)C)=C(c3ccc(C(N)=O)s3)C[C@H]12. The minimum absolute atomic E-state index is 0.0339. The Morgan fingerprint density at radius 2 is 1.97 bits per heavy atom. The normalized spacial score (nSPS) is 21.8. The largest absolute Gasteiger partial charge is 0.427 e. The van der Waals surface area contributed by atoms with Crippen molar-refractivity contribution >= 4 is 40.7 Å². The number of β-lactam (4-membered cyclic amide) rings is 1. The summed E-state index contributed by atoms with van der Waals surface area (Å²) in [5.74, 6) is -2.95. The molecular formula is C20H24N2O7S. The number of esters is 2. The third kappa shape index (κ3) is 3.84. The molecule has 3 heterocycles. The number of primary amides is 1. The number of hydrogen-bond donors (Lipinski definition) is 2. The predicted octanol–water partition coefficient (Wildman–Crippen LogP) is 1.26. The van der Waals surface area contributed by atoms with Crippen LogP contribution in [-0.2, 0) is 23.9 Å². The van der Waals surface area contributed by atoms with Gasteiger partial charge in [0, 0.05) is 10.5 Å². The van der Waals surface area contributed by atoms with Crippen LogP contribution < -0.4 is 5.73 Å². The highest BCUT2D eigenvalue weighted by atomic mass is 32.1. The topological polar surface area (TPSA) is 136 Å². The Morgan fingerprint density at radius 3 is 2.50 bits per heavy atom. The van der Waals surface area contributed by atoms with Crippen LogP contribution in [0.3, 0.4) is 0 Å². The zero-order valence-corrected chi connectivity index (χ0v) is 17.9. The second-order valence-corrected chi connectivity index (χ2v) is 9.42. The lowest BCUT2D eigenvalue weighted by Gasteiger charge is -2.44. The van der Waals surface area contributed by atoms with Gasteiger partial charge in [0.05, 0.1) is 28.4 Å². The Labute approximate surface area is 177 Å². The highest BCUT2D eigenvalue weighted by Gasteiger charge is 2.57. The third-order valence-electron chi connectivity index (χ3n) is 5.06. The van der Waals surface area contributed by atoms with Gasteiger partial charge in [0.1, 0.15) is 5.70 Å². The van der Waals surface area contributed by atoms with Crippen molar-refractivity contribution < 1.29 is 33.8 Å². The highest BCUT2D eigenvalue weighted by molar-refractivity contribution is 7.15. The summed E-state index contributed by atoms with van der Waals surface area (Å²) in [7, 11) is 0. The lowest BCUT2D eigenvalue weighted by atomic mass is 9.83. The Balaban J connectivity index is 1.85. The average molecular weight is 436 g/mol. The number of aliphatic hydroxyl groups excluding tert-OH is 1. The van der Waals surface area contributed by atoms with Gasteiger partial charge in [-0.3, -0.25) is 14.4 Å². The summed E-state index contributed by atoms with van der Waals surface area (Å²) >= 11 is 1.11. The fourth-order valence-electron chi connectivity index (χ4n) is 3.53. The number of nitrogens with two attached hydrogens (primary N) is 1. The Hall–Kier alpha value is -2.72. The molecule has 2 aliphatic heterocycles. The van der Waals surface area contributed by atoms with Crippen LogP contribution in [0.15, 0.2) is 17.8 Å². The molecule has 162 valence electrons. The molecule has 3 N–H and O–H groups in total. The summed E-state index contributed by atoms with van der Waals surface area (Å²) in [6.07, 6.45) is -0.542. The second-order valence-electron chi connectivity index (χ2n) is 8.33. The van der Waals surface area contributed by atoms with Gasteiger partial charge >= 0.3 is 11.9 Å². The molecule has 9 nitrogen and oxygen atoms in total. The van der Waals surface area contributed by atoms with Crippen LogP contribution in [0.4, 0.5) is 0 Å². The van der Waals surface area contributed by atoms with Crippen molar-refractivity contribution in [2.45, 2.75) is 46.3 Å². The highest BCUT2D eigenvalue weighted by Crippen LogP contribution is 2.48. The molecular weight excluding hydrogens is 412 g/mol. The van der Waals surface area contributed by atoms with E-state index in [1.807, 2.05) is 0 Å². The molecule has 0 aromatic carbocycles. The van der Waals surface area contributed by atoms with Crippen molar-refractivity contribution in [3.63, 3.8) is 0 Å². The van der Waals surface area contributed by atoms with Crippen LogP contribution in [0, 0.1) is 11.3 Å². The molecule has 0 unspecified atom stereocenters. The van der Waals surface area contributed by atoms with Crippen LogP contribution in [0.5, 0.6) is 0 Å². The number of carbonyl (C=O) groups excluding carboxylic acids is 4. The fourth-order valence-corrected chi connectivity index (χ4v) is 4.45. The van der Waals surface area contributed by atoms with E-state index in [0.717, 1.165) is 11.3 Å². The molecule has 1 fully saturated rings. The number of hydrogen-bond acceptors (Lipinski definition) is 8. The summed E-state index contributed by atoms with van der Waals surface area (Å²) in [5.41, 5.74) is 5.13. The summed E-state index contributed by atoms with van der Waals surface area (Å²) in [6.45, 7) is 5.94. The molecule has 3 atom stereocenters. The van der Waals surface area contributed by atoms with Gasteiger partial charge in [-0.2, -0.15) is 0 Å². The Kier molecular flexibility index (Phi) is 5.74. The van der Waals surface area contributed by atoms with Gasteiger partial charge in [0.15, 0.2) is 0 Å². The first-order valence-corrected chi connectivity index (χ1v) is 10.2. The Morgan fingerprint density at radius 1 is 1.30 bits per heavy atom. The van der Waals surface area contributed by atoms with E-state index >= 15 is 0 Å². The maximum atomic E-state index is 12.8. The van der Waals surface area contributed by atoms with Crippen LogP contribution in [0.25, 0.3) is 5.57 Å². The van der Waals surface area contributed by atoms with Crippen LogP contribution in [0.2, 0.25) is 0 Å². The molecule has 1 saturated heterocycles. The minimum atomic E-state index is -0.868. The molecule has 0 aliphatic carbocycles. The average Bonchev–Trinajstić information content (AvgIpc) is 3.23. The molecule has 0 radical (unpaired) electrons. The van der Waals surface area contributed by atoms with Crippen molar-refractivity contribution in [2.75, 3.05) is 6.79 Å². The summed E-state index contributed by atoms with van der Waals surface area (Å²) in [5, 5.41) is 9.93. The zero-order valence-electron chi connectivity index (χ0n) is 17.1. The van der Waals surface area contributed by atoms with Gasteiger partial charge in [0.25, 0.3) is 5.91 Å². The van der Waals surface area contributed by atoms with Gasteiger partial charge in [-0.1, -0.05) is 0 Å². The maximum absolute atomic E-state index is 12.8. The molecule has 0 spiro atoms. The summed E-state index contributed by atoms with van der Waals surface area (Å²) in [4.78, 5) is 50.9. The van der Waals surface area contributed by atoms with Gasteiger partial charge in [-0.05, 0) is 46.2 Å². The van der Waals surface area contributed by atoms with E-state index in [1.165, 1.54) is 11.8 Å². The van der Waals surface area contributed by atoms with Crippen LogP contribution >= 0.6 is 11.3 Å². The molecule has 0 saturated carbocycles. The molecule has 2 amide bonds. The number of amides is 2. The van der Waals surface area contributed by atoms with Crippen LogP contribution in [-0.4, -0.2) is 52.7 Å². The molecule has 2 aliphatic rings. The molecule has 1 aromatic rings. The predicted molar refractivity (Wildman–Crippen MR) is 107 cm³/mol. The summed E-state index contributed by atoms with van der Waals surface area (Å²) < 4.78 is 10.1. The van der Waals surface area contributed by atoms with Crippen molar-refractivity contribution in [3.8, 4) is 0 Å². The smallest absolute Gasteiger partial charge is 0.358 e. The fraction of sp³-hybridized carbons (Fsp3) is 0.500. The number of nitrogens with zero attached hydrogens (tertiary/aromatic N) is 1. The van der Waals surface area contributed by atoms with Gasteiger partial charge in [0.2, 0.25) is 12.7 Å². The first-order chi connectivity index (χ1) is 13.9. The lowest BCUT2D eigenvalue weighted by Crippen LogP contribution is -2.61. The number of thiophene rings is 1. The van der Waals surface area contributed by atoms with Crippen molar-refractivity contribution in [2.24, 2.45) is 17.1 Å². The first-order valence-electron chi connectivity index (χ1n) is 9.42. The minimum Gasteiger partial charge on any atom is -0.427 e. The van der Waals surface area contributed by atoms with E-state index in [1.54, 1.807) is 32.9 Å². The molecule has 3 rings (SSSR count). The van der Waals surface area contributed by atoms with Crippen molar-refractivity contribution in [3.05, 3.63) is 27.6 Å². The van der Waals surface area contributed by atoms with Gasteiger partial charge < -0.3 is 25.2 Å². The standard InChI is InChI=1S/C20H24N2O7S/c1-9(23)14-11-7-10(12-5-6-13(30-12)16(21)24)15(22(11)17(14)25)18(26)28-8-29-19(27)20(2,3)4/h5-6,9,11,14,23H,7-8H2,1-4H3,(H2,21,24)/t9-,11-,14-/m1/s1. The van der Waals surface area contributed by atoms with Crippen molar-refractivity contribution in [1.82, 2.24) is 4.90 Å². The number of aliphatic hydroxyl groups is 1. The van der Waals surface area contributed by atoms with E-state index in [4.69, 9.17) is 15.2 Å². The molecule has 10 heteroatoms. The lowest BCUT2D eigenvalue weighted by molar-refractivity contribution is -0.175.